The topological polar surface area (TPSA) is 52.0 Å². The second kappa shape index (κ2) is 6.79. The van der Waals surface area contributed by atoms with Gasteiger partial charge in [-0.1, -0.05) is 25.7 Å². The predicted octanol–water partition coefficient (Wildman–Crippen LogP) is 3.83. The Labute approximate surface area is 125 Å². The predicted molar refractivity (Wildman–Crippen MR) is 85.3 cm³/mol. The minimum absolute atomic E-state index is 0.502. The maximum Gasteiger partial charge on any atom is 0.00698 e. The van der Waals surface area contributed by atoms with Gasteiger partial charge in [0.2, 0.25) is 0 Å². The third-order valence-electron chi connectivity index (χ3n) is 6.78. The van der Waals surface area contributed by atoms with Crippen LogP contribution in [0.2, 0.25) is 0 Å². The Balaban J connectivity index is 1.51. The fraction of sp³-hybridized carbons (Fsp3) is 1.00. The Bertz CT molecular complexity index is 266. The summed E-state index contributed by atoms with van der Waals surface area (Å²) in [6.07, 6.45) is 16.7. The highest BCUT2D eigenvalue weighted by atomic mass is 14.7. The molecule has 0 amide bonds. The summed E-state index contributed by atoms with van der Waals surface area (Å²) in [5.41, 5.74) is 12.8. The van der Waals surface area contributed by atoms with E-state index in [2.05, 4.69) is 0 Å². The molecule has 3 rings (SSSR count). The van der Waals surface area contributed by atoms with Crippen molar-refractivity contribution in [1.82, 2.24) is 0 Å². The van der Waals surface area contributed by atoms with Gasteiger partial charge in [-0.25, -0.2) is 0 Å². The van der Waals surface area contributed by atoms with E-state index in [1.807, 2.05) is 0 Å². The molecule has 4 atom stereocenters. The van der Waals surface area contributed by atoms with Gasteiger partial charge in [0.15, 0.2) is 0 Å². The highest BCUT2D eigenvalue weighted by Gasteiger charge is 2.36. The van der Waals surface area contributed by atoms with E-state index in [-0.39, 0.29) is 0 Å². The van der Waals surface area contributed by atoms with Crippen LogP contribution < -0.4 is 11.5 Å². The molecule has 3 aliphatic carbocycles. The molecule has 0 saturated heterocycles. The van der Waals surface area contributed by atoms with Crippen LogP contribution in [0, 0.1) is 23.7 Å². The second-order valence-electron chi connectivity index (χ2n) is 7.90. The SMILES string of the molecule is NC1CCCCC1C1CCC(C2CCCCC2N)CC1. The van der Waals surface area contributed by atoms with Crippen LogP contribution >= 0.6 is 0 Å². The van der Waals surface area contributed by atoms with Crippen LogP contribution in [-0.4, -0.2) is 12.1 Å². The smallest absolute Gasteiger partial charge is 0.00698 e. The lowest BCUT2D eigenvalue weighted by atomic mass is 9.65. The second-order valence-corrected chi connectivity index (χ2v) is 7.90. The molecule has 0 spiro atoms. The molecule has 0 bridgehead atoms. The minimum atomic E-state index is 0.502. The molecule has 20 heavy (non-hydrogen) atoms. The first-order valence-corrected chi connectivity index (χ1v) is 9.27. The Hall–Kier alpha value is -0.0800. The standard InChI is InChI=1S/C18H34N2/c19-17-7-3-1-5-15(17)13-9-11-14(12-10-13)16-6-2-4-8-18(16)20/h13-18H,1-12,19-20H2. The molecule has 3 saturated carbocycles. The molecule has 0 aliphatic heterocycles. The van der Waals surface area contributed by atoms with Crippen molar-refractivity contribution >= 4 is 0 Å². The lowest BCUT2D eigenvalue weighted by Crippen LogP contribution is -2.42. The van der Waals surface area contributed by atoms with Gasteiger partial charge in [-0.3, -0.25) is 0 Å². The molecule has 2 nitrogen and oxygen atoms in total. The minimum Gasteiger partial charge on any atom is -0.327 e. The quantitative estimate of drug-likeness (QED) is 0.806. The van der Waals surface area contributed by atoms with E-state index in [1.54, 1.807) is 0 Å². The largest absolute Gasteiger partial charge is 0.327 e. The van der Waals surface area contributed by atoms with Crippen molar-refractivity contribution in [2.75, 3.05) is 0 Å². The van der Waals surface area contributed by atoms with Gasteiger partial charge in [0.05, 0.1) is 0 Å². The molecular formula is C18H34N2. The van der Waals surface area contributed by atoms with Crippen LogP contribution in [-0.2, 0) is 0 Å². The molecule has 0 heterocycles. The van der Waals surface area contributed by atoms with Crippen LogP contribution in [0.3, 0.4) is 0 Å². The third-order valence-corrected chi connectivity index (χ3v) is 6.78. The van der Waals surface area contributed by atoms with Crippen molar-refractivity contribution in [3.05, 3.63) is 0 Å². The van der Waals surface area contributed by atoms with Crippen LogP contribution in [0.15, 0.2) is 0 Å². The van der Waals surface area contributed by atoms with Crippen molar-refractivity contribution < 1.29 is 0 Å². The molecule has 0 aromatic heterocycles. The fourth-order valence-corrected chi connectivity index (χ4v) is 5.55. The molecule has 0 aromatic carbocycles. The van der Waals surface area contributed by atoms with Crippen LogP contribution in [0.5, 0.6) is 0 Å². The summed E-state index contributed by atoms with van der Waals surface area (Å²) in [4.78, 5) is 0. The monoisotopic (exact) mass is 278 g/mol. The van der Waals surface area contributed by atoms with Crippen LogP contribution in [0.25, 0.3) is 0 Å². The van der Waals surface area contributed by atoms with Crippen LogP contribution in [0.1, 0.15) is 77.0 Å². The van der Waals surface area contributed by atoms with Crippen molar-refractivity contribution in [2.45, 2.75) is 89.1 Å². The van der Waals surface area contributed by atoms with Gasteiger partial charge in [-0.15, -0.1) is 0 Å². The third kappa shape index (κ3) is 3.22. The Morgan fingerprint density at radius 3 is 1.15 bits per heavy atom. The van der Waals surface area contributed by atoms with E-state index in [1.165, 1.54) is 77.0 Å². The summed E-state index contributed by atoms with van der Waals surface area (Å²) in [6, 6.07) is 1.00. The van der Waals surface area contributed by atoms with Gasteiger partial charge < -0.3 is 11.5 Å². The zero-order valence-corrected chi connectivity index (χ0v) is 13.1. The first-order valence-electron chi connectivity index (χ1n) is 9.27. The number of rotatable bonds is 2. The van der Waals surface area contributed by atoms with E-state index in [9.17, 15) is 0 Å². The number of hydrogen-bond acceptors (Lipinski definition) is 2. The summed E-state index contributed by atoms with van der Waals surface area (Å²) >= 11 is 0. The molecule has 0 radical (unpaired) electrons. The van der Waals surface area contributed by atoms with E-state index in [0.717, 1.165) is 23.7 Å². The van der Waals surface area contributed by atoms with Crippen LogP contribution in [0.4, 0.5) is 0 Å². The summed E-state index contributed by atoms with van der Waals surface area (Å²) in [5.74, 6) is 3.54. The Morgan fingerprint density at radius 1 is 0.450 bits per heavy atom. The summed E-state index contributed by atoms with van der Waals surface area (Å²) in [6.45, 7) is 0. The molecule has 0 aromatic rings. The van der Waals surface area contributed by atoms with Crippen molar-refractivity contribution in [3.63, 3.8) is 0 Å². The van der Waals surface area contributed by atoms with E-state index >= 15 is 0 Å². The molecule has 3 fully saturated rings. The zero-order chi connectivity index (χ0) is 13.9. The first-order chi connectivity index (χ1) is 9.75. The van der Waals surface area contributed by atoms with E-state index in [0.29, 0.717) is 12.1 Å². The molecule has 116 valence electrons. The maximum absolute atomic E-state index is 6.39. The van der Waals surface area contributed by atoms with E-state index in [4.69, 9.17) is 11.5 Å². The molecule has 3 aliphatic rings. The summed E-state index contributed by atoms with van der Waals surface area (Å²) in [5, 5.41) is 0. The fourth-order valence-electron chi connectivity index (χ4n) is 5.55. The van der Waals surface area contributed by atoms with Crippen molar-refractivity contribution in [2.24, 2.45) is 35.1 Å². The van der Waals surface area contributed by atoms with Gasteiger partial charge in [-0.2, -0.15) is 0 Å². The highest BCUT2D eigenvalue weighted by molar-refractivity contribution is 4.90. The number of nitrogens with two attached hydrogens (primary N) is 2. The Morgan fingerprint density at radius 2 is 0.800 bits per heavy atom. The molecule has 2 heteroatoms. The number of hydrogen-bond donors (Lipinski definition) is 2. The van der Waals surface area contributed by atoms with Gasteiger partial charge >= 0.3 is 0 Å². The molecular weight excluding hydrogens is 244 g/mol. The van der Waals surface area contributed by atoms with Gasteiger partial charge in [0.25, 0.3) is 0 Å². The summed E-state index contributed by atoms with van der Waals surface area (Å²) in [7, 11) is 0. The average Bonchev–Trinajstić information content (AvgIpc) is 2.49. The molecule has 4 N–H and O–H groups in total. The average molecular weight is 278 g/mol. The van der Waals surface area contributed by atoms with Crippen molar-refractivity contribution in [1.29, 1.82) is 0 Å². The van der Waals surface area contributed by atoms with Gasteiger partial charge in [-0.05, 0) is 75.0 Å². The summed E-state index contributed by atoms with van der Waals surface area (Å²) < 4.78 is 0. The zero-order valence-electron chi connectivity index (χ0n) is 13.1. The van der Waals surface area contributed by atoms with E-state index < -0.39 is 0 Å². The van der Waals surface area contributed by atoms with Gasteiger partial charge in [0, 0.05) is 12.1 Å². The lowest BCUT2D eigenvalue weighted by Gasteiger charge is -2.43. The first kappa shape index (κ1) is 14.8. The normalized spacial score (nSPS) is 47.1. The maximum atomic E-state index is 6.39. The lowest BCUT2D eigenvalue weighted by molar-refractivity contribution is 0.104. The highest BCUT2D eigenvalue weighted by Crippen LogP contribution is 2.44. The van der Waals surface area contributed by atoms with Gasteiger partial charge in [0.1, 0.15) is 0 Å². The Kier molecular flexibility index (Phi) is 5.04. The molecule has 4 unspecified atom stereocenters. The van der Waals surface area contributed by atoms with Crippen molar-refractivity contribution in [3.8, 4) is 0 Å².